The maximum Gasteiger partial charge on any atom is 0.264 e. The van der Waals surface area contributed by atoms with Crippen molar-refractivity contribution in [3.63, 3.8) is 0 Å². The summed E-state index contributed by atoms with van der Waals surface area (Å²) in [6, 6.07) is 0. The van der Waals surface area contributed by atoms with Crippen molar-refractivity contribution in [2.24, 2.45) is 0 Å². The minimum absolute atomic E-state index is 0.542. The molecule has 0 aliphatic heterocycles. The molecule has 1 aromatic heterocycles. The Labute approximate surface area is 68.0 Å². The Balaban J connectivity index is 2.42. The van der Waals surface area contributed by atoms with Crippen LogP contribution in [0.5, 0.6) is 0 Å². The fourth-order valence-corrected chi connectivity index (χ4v) is 0.938. The average Bonchev–Trinajstić information content (AvgIpc) is 2.31. The predicted octanol–water partition coefficient (Wildman–Crippen LogP) is 1.55. The fourth-order valence-electron chi connectivity index (χ4n) is 0.617. The van der Waals surface area contributed by atoms with Crippen molar-refractivity contribution in [1.82, 2.24) is 10.3 Å². The van der Waals surface area contributed by atoms with Gasteiger partial charge >= 0.3 is 0 Å². The topological polar surface area (TPSA) is 38.1 Å². The number of halogens is 1. The molecule has 0 amide bonds. The van der Waals surface area contributed by atoms with Gasteiger partial charge in [-0.3, -0.25) is 0 Å². The van der Waals surface area contributed by atoms with Crippen LogP contribution in [0.15, 0.2) is 15.5 Å². The number of oxazole rings is 1. The Hall–Kier alpha value is -0.350. The van der Waals surface area contributed by atoms with Gasteiger partial charge < -0.3 is 9.73 Å². The van der Waals surface area contributed by atoms with Crippen molar-refractivity contribution in [3.8, 4) is 0 Å². The van der Waals surface area contributed by atoms with E-state index in [-0.39, 0.29) is 0 Å². The molecule has 0 radical (unpaired) electrons. The summed E-state index contributed by atoms with van der Waals surface area (Å²) in [5.41, 5.74) is 0.925. The van der Waals surface area contributed by atoms with Gasteiger partial charge in [-0.25, -0.2) is 4.98 Å². The molecule has 0 fully saturated rings. The SMILES string of the molecule is CCNCc1coc(Br)n1. The Morgan fingerprint density at radius 1 is 1.80 bits per heavy atom. The van der Waals surface area contributed by atoms with Gasteiger partial charge in [0.1, 0.15) is 6.26 Å². The number of nitrogens with one attached hydrogen (secondary N) is 1. The van der Waals surface area contributed by atoms with Gasteiger partial charge in [-0.1, -0.05) is 6.92 Å². The first-order valence-electron chi connectivity index (χ1n) is 3.13. The molecule has 3 nitrogen and oxygen atoms in total. The molecule has 0 saturated heterocycles. The molecular weight excluding hydrogens is 196 g/mol. The Kier molecular flexibility index (Phi) is 2.89. The van der Waals surface area contributed by atoms with Crippen LogP contribution < -0.4 is 5.32 Å². The molecule has 0 aliphatic rings. The van der Waals surface area contributed by atoms with Crippen LogP contribution in [-0.2, 0) is 6.54 Å². The van der Waals surface area contributed by atoms with E-state index in [9.17, 15) is 0 Å². The van der Waals surface area contributed by atoms with E-state index in [1.54, 1.807) is 6.26 Å². The third-order valence-electron chi connectivity index (χ3n) is 1.08. The van der Waals surface area contributed by atoms with E-state index in [0.29, 0.717) is 4.80 Å². The van der Waals surface area contributed by atoms with E-state index >= 15 is 0 Å². The lowest BCUT2D eigenvalue weighted by atomic mass is 10.5. The summed E-state index contributed by atoms with van der Waals surface area (Å²) in [5, 5.41) is 3.13. The van der Waals surface area contributed by atoms with Crippen LogP contribution in [0.1, 0.15) is 12.6 Å². The van der Waals surface area contributed by atoms with Crippen molar-refractivity contribution in [2.45, 2.75) is 13.5 Å². The Morgan fingerprint density at radius 3 is 3.10 bits per heavy atom. The number of nitrogens with zero attached hydrogens (tertiary/aromatic N) is 1. The van der Waals surface area contributed by atoms with Gasteiger partial charge in [0.2, 0.25) is 0 Å². The molecule has 1 N–H and O–H groups in total. The molecule has 10 heavy (non-hydrogen) atoms. The highest BCUT2D eigenvalue weighted by Gasteiger charge is 1.97. The average molecular weight is 205 g/mol. The molecule has 0 spiro atoms. The summed E-state index contributed by atoms with van der Waals surface area (Å²) in [5.74, 6) is 0. The summed E-state index contributed by atoms with van der Waals surface area (Å²) in [6.07, 6.45) is 1.63. The molecule has 0 unspecified atom stereocenters. The molecule has 0 bridgehead atoms. The van der Waals surface area contributed by atoms with Crippen LogP contribution in [0.3, 0.4) is 0 Å². The van der Waals surface area contributed by atoms with Gasteiger partial charge in [0.05, 0.1) is 5.69 Å². The number of aromatic nitrogens is 1. The largest absolute Gasteiger partial charge is 0.439 e. The Bertz CT molecular complexity index is 199. The number of rotatable bonds is 3. The van der Waals surface area contributed by atoms with Crippen molar-refractivity contribution in [2.75, 3.05) is 6.54 Å². The van der Waals surface area contributed by atoms with Gasteiger partial charge in [0.15, 0.2) is 0 Å². The summed E-state index contributed by atoms with van der Waals surface area (Å²) in [4.78, 5) is 4.58. The van der Waals surface area contributed by atoms with E-state index in [1.807, 2.05) is 0 Å². The van der Waals surface area contributed by atoms with E-state index < -0.39 is 0 Å². The first-order chi connectivity index (χ1) is 4.83. The minimum atomic E-state index is 0.542. The van der Waals surface area contributed by atoms with Crippen LogP contribution in [0.25, 0.3) is 0 Å². The molecule has 0 aromatic carbocycles. The molecule has 0 aliphatic carbocycles. The van der Waals surface area contributed by atoms with Gasteiger partial charge in [-0.05, 0) is 6.54 Å². The Morgan fingerprint density at radius 2 is 2.60 bits per heavy atom. The van der Waals surface area contributed by atoms with E-state index in [1.165, 1.54) is 0 Å². The summed E-state index contributed by atoms with van der Waals surface area (Å²) in [7, 11) is 0. The molecule has 4 heteroatoms. The maximum atomic E-state index is 4.93. The molecule has 0 atom stereocenters. The second-order valence-corrected chi connectivity index (χ2v) is 2.55. The summed E-state index contributed by atoms with van der Waals surface area (Å²) in [6.45, 7) is 3.77. The van der Waals surface area contributed by atoms with Gasteiger partial charge in [0.25, 0.3) is 4.80 Å². The van der Waals surface area contributed by atoms with Gasteiger partial charge in [-0.2, -0.15) is 0 Å². The highest BCUT2D eigenvalue weighted by molar-refractivity contribution is 9.10. The van der Waals surface area contributed by atoms with Crippen LogP contribution >= 0.6 is 15.9 Å². The van der Waals surface area contributed by atoms with E-state index in [0.717, 1.165) is 18.8 Å². The molecular formula is C6H9BrN2O. The van der Waals surface area contributed by atoms with Crippen LogP contribution in [-0.4, -0.2) is 11.5 Å². The summed E-state index contributed by atoms with van der Waals surface area (Å²) < 4.78 is 4.93. The zero-order valence-corrected chi connectivity index (χ0v) is 7.31. The molecule has 1 rings (SSSR count). The normalized spacial score (nSPS) is 10.2. The van der Waals surface area contributed by atoms with Crippen molar-refractivity contribution >= 4 is 15.9 Å². The number of hydrogen-bond donors (Lipinski definition) is 1. The first kappa shape index (κ1) is 7.75. The predicted molar refractivity (Wildman–Crippen MR) is 41.6 cm³/mol. The van der Waals surface area contributed by atoms with E-state index in [2.05, 4.69) is 33.2 Å². The second kappa shape index (κ2) is 3.73. The fraction of sp³-hybridized carbons (Fsp3) is 0.500. The van der Waals surface area contributed by atoms with Crippen LogP contribution in [0.2, 0.25) is 0 Å². The lowest BCUT2D eigenvalue weighted by Gasteiger charge is -1.93. The monoisotopic (exact) mass is 204 g/mol. The zero-order valence-electron chi connectivity index (χ0n) is 5.72. The van der Waals surface area contributed by atoms with Crippen molar-refractivity contribution in [1.29, 1.82) is 0 Å². The highest BCUT2D eigenvalue weighted by Crippen LogP contribution is 2.07. The van der Waals surface area contributed by atoms with Gasteiger partial charge in [0, 0.05) is 22.5 Å². The lowest BCUT2D eigenvalue weighted by Crippen LogP contribution is -2.11. The lowest BCUT2D eigenvalue weighted by molar-refractivity contribution is 0.527. The van der Waals surface area contributed by atoms with Crippen molar-refractivity contribution < 1.29 is 4.42 Å². The van der Waals surface area contributed by atoms with Gasteiger partial charge in [-0.15, -0.1) is 0 Å². The third kappa shape index (κ3) is 2.11. The quantitative estimate of drug-likeness (QED) is 0.813. The molecule has 1 aromatic rings. The van der Waals surface area contributed by atoms with Crippen LogP contribution in [0, 0.1) is 0 Å². The van der Waals surface area contributed by atoms with Crippen molar-refractivity contribution in [3.05, 3.63) is 16.8 Å². The molecule has 1 heterocycles. The van der Waals surface area contributed by atoms with Crippen LogP contribution in [0.4, 0.5) is 0 Å². The first-order valence-corrected chi connectivity index (χ1v) is 3.93. The molecule has 56 valence electrons. The highest BCUT2D eigenvalue weighted by atomic mass is 79.9. The maximum absolute atomic E-state index is 4.93. The zero-order chi connectivity index (χ0) is 7.40. The number of hydrogen-bond acceptors (Lipinski definition) is 3. The van der Waals surface area contributed by atoms with E-state index in [4.69, 9.17) is 4.42 Å². The smallest absolute Gasteiger partial charge is 0.264 e. The third-order valence-corrected chi connectivity index (χ3v) is 1.44. The minimum Gasteiger partial charge on any atom is -0.439 e. The standard InChI is InChI=1S/C6H9BrN2O/c1-2-8-3-5-4-10-6(7)9-5/h4,8H,2-3H2,1H3. The molecule has 0 saturated carbocycles. The summed E-state index contributed by atoms with van der Waals surface area (Å²) >= 11 is 3.12. The second-order valence-electron chi connectivity index (χ2n) is 1.87.